The van der Waals surface area contributed by atoms with Gasteiger partial charge in [-0.25, -0.2) is 15.0 Å². The molecule has 164 valence electrons. The monoisotopic (exact) mass is 429 g/mol. The van der Waals surface area contributed by atoms with E-state index >= 15 is 0 Å². The van der Waals surface area contributed by atoms with Gasteiger partial charge in [0.1, 0.15) is 5.82 Å². The topological polar surface area (TPSA) is 87.1 Å². The van der Waals surface area contributed by atoms with Crippen molar-refractivity contribution in [1.29, 1.82) is 0 Å². The fourth-order valence-electron chi connectivity index (χ4n) is 4.52. The van der Waals surface area contributed by atoms with Gasteiger partial charge in [-0.15, -0.1) is 0 Å². The minimum Gasteiger partial charge on any atom is -0.370 e. The molecule has 0 bridgehead atoms. The Morgan fingerprint density at radius 3 is 2.28 bits per heavy atom. The second kappa shape index (κ2) is 8.90. The van der Waals surface area contributed by atoms with E-state index in [1.807, 2.05) is 31.2 Å². The second-order valence-electron chi connectivity index (χ2n) is 8.19. The van der Waals surface area contributed by atoms with Gasteiger partial charge in [-0.1, -0.05) is 30.3 Å². The third-order valence-electron chi connectivity index (χ3n) is 6.14. The van der Waals surface area contributed by atoms with Crippen molar-refractivity contribution in [3.05, 3.63) is 65.6 Å². The molecule has 0 radical (unpaired) electrons. The summed E-state index contributed by atoms with van der Waals surface area (Å²) in [7, 11) is 0. The number of carbonyl (C=O) groups excluding carboxylic acids is 1. The molecule has 1 fully saturated rings. The lowest BCUT2D eigenvalue weighted by atomic mass is 9.82. The smallest absolute Gasteiger partial charge is 0.227 e. The number of hydrogen-bond donors (Lipinski definition) is 1. The van der Waals surface area contributed by atoms with E-state index in [4.69, 9.17) is 9.97 Å². The van der Waals surface area contributed by atoms with Crippen LogP contribution in [-0.4, -0.2) is 58.4 Å². The minimum atomic E-state index is 0.119. The van der Waals surface area contributed by atoms with Crippen molar-refractivity contribution in [1.82, 2.24) is 19.9 Å². The highest BCUT2D eigenvalue weighted by Gasteiger charge is 2.32. The van der Waals surface area contributed by atoms with Crippen LogP contribution >= 0.6 is 0 Å². The Hall–Kier alpha value is -3.55. The molecule has 1 aromatic carbocycles. The van der Waals surface area contributed by atoms with Gasteiger partial charge in [0.2, 0.25) is 11.9 Å². The molecule has 32 heavy (non-hydrogen) atoms. The molecule has 5 rings (SSSR count). The molecule has 1 aliphatic heterocycles. The van der Waals surface area contributed by atoms with E-state index in [0.717, 1.165) is 44.2 Å². The Labute approximate surface area is 187 Å². The van der Waals surface area contributed by atoms with Crippen molar-refractivity contribution < 1.29 is 4.79 Å². The van der Waals surface area contributed by atoms with E-state index in [9.17, 15) is 4.79 Å². The average Bonchev–Trinajstić information content (AvgIpc) is 2.85. The normalized spacial score (nSPS) is 18.4. The first-order valence-electron chi connectivity index (χ1n) is 11.2. The highest BCUT2D eigenvalue weighted by atomic mass is 16.1. The molecular weight excluding hydrogens is 402 g/mol. The number of fused-ring (bicyclic) bond motifs is 1. The standard InChI is InChI=1S/C24H27N7O/c1-2-25-22-21-19(15-18(16-20(21)32)17-7-4-3-5-8-17)28-24(29-22)31-13-11-30(12-14-31)23-26-9-6-10-27-23/h3-10,18H,2,11-16H2,1H3,(H,25,28,29)/t18-/m1/s1. The van der Waals surface area contributed by atoms with Crippen LogP contribution in [0.3, 0.4) is 0 Å². The van der Waals surface area contributed by atoms with E-state index in [1.165, 1.54) is 5.56 Å². The SMILES string of the molecule is CCNc1nc(N2CCN(c3ncccn3)CC2)nc2c1C(=O)C[C@H](c1ccccc1)C2. The lowest BCUT2D eigenvalue weighted by Crippen LogP contribution is -2.48. The van der Waals surface area contributed by atoms with Crippen molar-refractivity contribution in [2.75, 3.05) is 47.8 Å². The van der Waals surface area contributed by atoms with Gasteiger partial charge >= 0.3 is 0 Å². The van der Waals surface area contributed by atoms with Gasteiger partial charge in [0, 0.05) is 51.5 Å². The zero-order valence-electron chi connectivity index (χ0n) is 18.2. The third kappa shape index (κ3) is 4.00. The van der Waals surface area contributed by atoms with Gasteiger partial charge in [-0.3, -0.25) is 4.79 Å². The van der Waals surface area contributed by atoms with Crippen LogP contribution in [0.2, 0.25) is 0 Å². The summed E-state index contributed by atoms with van der Waals surface area (Å²) >= 11 is 0. The summed E-state index contributed by atoms with van der Waals surface area (Å²) in [5.41, 5.74) is 2.71. The summed E-state index contributed by atoms with van der Waals surface area (Å²) in [4.78, 5) is 35.9. The van der Waals surface area contributed by atoms with Crippen molar-refractivity contribution in [3.63, 3.8) is 0 Å². The van der Waals surface area contributed by atoms with Crippen LogP contribution in [0.1, 0.15) is 40.9 Å². The first kappa shape index (κ1) is 20.4. The van der Waals surface area contributed by atoms with Gasteiger partial charge in [0.05, 0.1) is 11.3 Å². The maximum absolute atomic E-state index is 13.1. The van der Waals surface area contributed by atoms with Gasteiger partial charge in [0.25, 0.3) is 0 Å². The van der Waals surface area contributed by atoms with Crippen molar-refractivity contribution in [2.45, 2.75) is 25.7 Å². The molecule has 8 heteroatoms. The number of benzene rings is 1. The number of nitrogens with zero attached hydrogens (tertiary/aromatic N) is 6. The molecule has 0 spiro atoms. The molecule has 1 N–H and O–H groups in total. The summed E-state index contributed by atoms with van der Waals surface area (Å²) in [6.45, 7) is 5.88. The zero-order chi connectivity index (χ0) is 21.9. The fourth-order valence-corrected chi connectivity index (χ4v) is 4.52. The van der Waals surface area contributed by atoms with E-state index < -0.39 is 0 Å². The first-order chi connectivity index (χ1) is 15.7. The average molecular weight is 430 g/mol. The Bertz CT molecular complexity index is 1080. The number of ketones is 1. The zero-order valence-corrected chi connectivity index (χ0v) is 18.2. The molecule has 0 unspecified atom stereocenters. The number of piperazine rings is 1. The molecule has 1 saturated heterocycles. The lowest BCUT2D eigenvalue weighted by Gasteiger charge is -2.35. The number of carbonyl (C=O) groups is 1. The van der Waals surface area contributed by atoms with Gasteiger partial charge < -0.3 is 15.1 Å². The van der Waals surface area contributed by atoms with E-state index in [1.54, 1.807) is 12.4 Å². The maximum atomic E-state index is 13.1. The van der Waals surface area contributed by atoms with Crippen molar-refractivity contribution in [2.24, 2.45) is 0 Å². The predicted octanol–water partition coefficient (Wildman–Crippen LogP) is 2.94. The van der Waals surface area contributed by atoms with Gasteiger partial charge in [-0.2, -0.15) is 4.98 Å². The Kier molecular flexibility index (Phi) is 5.66. The first-order valence-corrected chi connectivity index (χ1v) is 11.2. The molecular formula is C24H27N7O. The molecule has 0 amide bonds. The Morgan fingerprint density at radius 2 is 1.59 bits per heavy atom. The van der Waals surface area contributed by atoms with Gasteiger partial charge in [0.15, 0.2) is 5.78 Å². The van der Waals surface area contributed by atoms with Crippen LogP contribution in [0.5, 0.6) is 0 Å². The van der Waals surface area contributed by atoms with Crippen LogP contribution in [0.4, 0.5) is 17.7 Å². The number of nitrogens with one attached hydrogen (secondary N) is 1. The quantitative estimate of drug-likeness (QED) is 0.662. The van der Waals surface area contributed by atoms with Crippen LogP contribution in [0.25, 0.3) is 0 Å². The number of hydrogen-bond acceptors (Lipinski definition) is 8. The molecule has 2 aromatic heterocycles. The molecule has 8 nitrogen and oxygen atoms in total. The molecule has 3 heterocycles. The van der Waals surface area contributed by atoms with Crippen molar-refractivity contribution >= 4 is 23.5 Å². The highest BCUT2D eigenvalue weighted by Crippen LogP contribution is 2.35. The number of aromatic nitrogens is 4. The van der Waals surface area contributed by atoms with Crippen LogP contribution in [0, 0.1) is 0 Å². The van der Waals surface area contributed by atoms with Gasteiger partial charge in [-0.05, 0) is 30.9 Å². The number of anilines is 3. The van der Waals surface area contributed by atoms with Crippen molar-refractivity contribution in [3.8, 4) is 0 Å². The second-order valence-corrected chi connectivity index (χ2v) is 8.19. The summed E-state index contributed by atoms with van der Waals surface area (Å²) in [5.74, 6) is 2.38. The number of rotatable bonds is 5. The maximum Gasteiger partial charge on any atom is 0.227 e. The van der Waals surface area contributed by atoms with Crippen LogP contribution in [-0.2, 0) is 6.42 Å². The fraction of sp³-hybridized carbons (Fsp3) is 0.375. The predicted molar refractivity (Wildman–Crippen MR) is 124 cm³/mol. The Morgan fingerprint density at radius 1 is 0.906 bits per heavy atom. The molecule has 2 aliphatic rings. The van der Waals surface area contributed by atoms with Crippen LogP contribution < -0.4 is 15.1 Å². The minimum absolute atomic E-state index is 0.119. The summed E-state index contributed by atoms with van der Waals surface area (Å²) in [6.07, 6.45) is 4.78. The highest BCUT2D eigenvalue weighted by molar-refractivity contribution is 6.03. The van der Waals surface area contributed by atoms with E-state index in [2.05, 4.69) is 37.2 Å². The molecule has 3 aromatic rings. The number of Topliss-reactive ketones (excluding diaryl/α,β-unsaturated/α-hetero) is 1. The van der Waals surface area contributed by atoms with E-state index in [0.29, 0.717) is 30.3 Å². The van der Waals surface area contributed by atoms with Crippen LogP contribution in [0.15, 0.2) is 48.8 Å². The molecule has 1 atom stereocenters. The Balaban J connectivity index is 1.41. The summed E-state index contributed by atoms with van der Waals surface area (Å²) < 4.78 is 0. The summed E-state index contributed by atoms with van der Waals surface area (Å²) in [5, 5.41) is 3.31. The molecule has 0 saturated carbocycles. The van der Waals surface area contributed by atoms with E-state index in [-0.39, 0.29) is 11.7 Å². The lowest BCUT2D eigenvalue weighted by molar-refractivity contribution is 0.0963. The molecule has 1 aliphatic carbocycles. The third-order valence-corrected chi connectivity index (χ3v) is 6.14. The summed E-state index contributed by atoms with van der Waals surface area (Å²) in [6, 6.07) is 12.1. The largest absolute Gasteiger partial charge is 0.370 e.